The molecule has 16 nitrogen and oxygen atoms in total. The number of hydrogen-bond donors (Lipinski definition) is 4. The molecule has 3 fully saturated rings. The van der Waals surface area contributed by atoms with Crippen LogP contribution in [-0.2, 0) is 20.6 Å². The molecule has 5 amide bonds. The summed E-state index contributed by atoms with van der Waals surface area (Å²) in [5, 5.41) is 9.35. The first-order chi connectivity index (χ1) is 30.9. The number of benzene rings is 3. The number of amides is 5. The quantitative estimate of drug-likeness (QED) is 0.0854. The summed E-state index contributed by atoms with van der Waals surface area (Å²) in [7, 11) is 3.36. The SMILES string of the molecule is COc1cc2nc(C)nc(NC(C)c3cc(N)cc(C(F)(F)F)c3)c2cc1OCC1(CN(C)C(=O)C2CCN(CCNc3cccc4c3C(=O)N(C3CCC(=O)NC3=O)C4=O)CC2)CC1. The standard InChI is InChI=1S/C46H52F3N9O7/c1-25(28-18-29(46(47,48)49)20-30(50)19-28)52-40-32-21-37(36(64-4)22-34(32)53-26(2)54-40)65-24-45(12-13-45)23-56(3)42(61)27-10-15-57(16-11-27)17-14-51-33-7-5-6-31-39(33)44(63)58(43(31)62)35-8-9-38(59)55-41(35)60/h5-7,18-22,25,27,35,51H,8-17,23-24,50H2,1-4H3,(H,52,53,54)(H,55,59,60). The number of methoxy groups -OCH3 is 1. The maximum atomic E-state index is 13.8. The van der Waals surface area contributed by atoms with Gasteiger partial charge in [-0.2, -0.15) is 13.2 Å². The molecule has 2 atom stereocenters. The van der Waals surface area contributed by atoms with Crippen LogP contribution < -0.4 is 31.2 Å². The van der Waals surface area contributed by atoms with E-state index in [1.54, 1.807) is 44.2 Å². The number of alkyl halides is 3. The maximum absolute atomic E-state index is 13.8. The zero-order valence-electron chi connectivity index (χ0n) is 36.6. The van der Waals surface area contributed by atoms with Gasteiger partial charge in [0.15, 0.2) is 11.5 Å². The third kappa shape index (κ3) is 9.51. The van der Waals surface area contributed by atoms with Crippen molar-refractivity contribution in [2.75, 3.05) is 69.9 Å². The van der Waals surface area contributed by atoms with Crippen LogP contribution in [0.25, 0.3) is 10.9 Å². The van der Waals surface area contributed by atoms with E-state index in [1.165, 1.54) is 13.2 Å². The van der Waals surface area contributed by atoms with Crippen molar-refractivity contribution in [1.29, 1.82) is 0 Å². The second kappa shape index (κ2) is 17.8. The minimum atomic E-state index is -4.55. The number of aromatic nitrogens is 2. The van der Waals surface area contributed by atoms with Crippen molar-refractivity contribution < 1.29 is 46.6 Å². The Balaban J connectivity index is 0.840. The molecule has 65 heavy (non-hydrogen) atoms. The molecule has 344 valence electrons. The molecule has 1 saturated carbocycles. The minimum Gasteiger partial charge on any atom is -0.493 e. The molecule has 0 bridgehead atoms. The number of piperidine rings is 2. The Morgan fingerprint density at radius 1 is 1.03 bits per heavy atom. The molecule has 1 aliphatic carbocycles. The van der Waals surface area contributed by atoms with Gasteiger partial charge in [-0.05, 0) is 101 Å². The number of halogens is 3. The Morgan fingerprint density at radius 3 is 2.48 bits per heavy atom. The highest BCUT2D eigenvalue weighted by Crippen LogP contribution is 2.48. The van der Waals surface area contributed by atoms with Crippen molar-refractivity contribution >= 4 is 57.6 Å². The average molecular weight is 900 g/mol. The summed E-state index contributed by atoms with van der Waals surface area (Å²) < 4.78 is 52.9. The van der Waals surface area contributed by atoms with Crippen LogP contribution in [0.4, 0.5) is 30.4 Å². The van der Waals surface area contributed by atoms with Gasteiger partial charge in [-0.3, -0.25) is 34.2 Å². The number of ether oxygens (including phenoxy) is 2. The lowest BCUT2D eigenvalue weighted by molar-refractivity contribution is -0.138. The highest BCUT2D eigenvalue weighted by atomic mass is 19.4. The molecule has 2 unspecified atom stereocenters. The number of rotatable bonds is 15. The Hall–Kier alpha value is -6.50. The van der Waals surface area contributed by atoms with E-state index >= 15 is 0 Å². The van der Waals surface area contributed by atoms with Crippen LogP contribution in [0.5, 0.6) is 11.5 Å². The fourth-order valence-corrected chi connectivity index (χ4v) is 9.08. The number of nitrogens with zero attached hydrogens (tertiary/aromatic N) is 5. The zero-order valence-corrected chi connectivity index (χ0v) is 36.6. The van der Waals surface area contributed by atoms with Crippen LogP contribution in [0.1, 0.15) is 89.2 Å². The smallest absolute Gasteiger partial charge is 0.416 e. The third-order valence-corrected chi connectivity index (χ3v) is 12.8. The molecule has 2 saturated heterocycles. The van der Waals surface area contributed by atoms with E-state index in [0.717, 1.165) is 29.9 Å². The highest BCUT2D eigenvalue weighted by molar-refractivity contribution is 6.25. The van der Waals surface area contributed by atoms with Crippen LogP contribution in [0.15, 0.2) is 48.5 Å². The van der Waals surface area contributed by atoms with Crippen molar-refractivity contribution in [2.24, 2.45) is 11.3 Å². The van der Waals surface area contributed by atoms with Gasteiger partial charge in [-0.15, -0.1) is 0 Å². The summed E-state index contributed by atoms with van der Waals surface area (Å²) in [5.41, 5.74) is 6.59. The number of carbonyl (C=O) groups excluding carboxylic acids is 5. The van der Waals surface area contributed by atoms with Crippen molar-refractivity contribution in [3.05, 3.63) is 76.6 Å². The Kier molecular flexibility index (Phi) is 12.4. The number of fused-ring (bicyclic) bond motifs is 2. The summed E-state index contributed by atoms with van der Waals surface area (Å²) in [6.45, 7) is 6.84. The first kappa shape index (κ1) is 45.1. The van der Waals surface area contributed by atoms with Crippen molar-refractivity contribution in [3.63, 3.8) is 0 Å². The van der Waals surface area contributed by atoms with Gasteiger partial charge in [-0.1, -0.05) is 6.07 Å². The lowest BCUT2D eigenvalue weighted by Crippen LogP contribution is -2.54. The Morgan fingerprint density at radius 2 is 1.78 bits per heavy atom. The van der Waals surface area contributed by atoms with Crippen molar-refractivity contribution in [3.8, 4) is 11.5 Å². The molecule has 4 aromatic rings. The third-order valence-electron chi connectivity index (χ3n) is 12.8. The Labute approximate surface area is 373 Å². The number of likely N-dealkylation sites (tertiary alicyclic amines) is 1. The second-order valence-corrected chi connectivity index (χ2v) is 17.6. The van der Waals surface area contributed by atoms with Crippen molar-refractivity contribution in [1.82, 2.24) is 30.0 Å². The van der Waals surface area contributed by atoms with Gasteiger partial charge in [0.25, 0.3) is 11.8 Å². The number of aryl methyl sites for hydroxylation is 1. The first-order valence-corrected chi connectivity index (χ1v) is 21.7. The summed E-state index contributed by atoms with van der Waals surface area (Å²) >= 11 is 0. The zero-order chi connectivity index (χ0) is 46.4. The normalized spacial score (nSPS) is 19.2. The predicted octanol–water partition coefficient (Wildman–Crippen LogP) is 5.56. The van der Waals surface area contributed by atoms with Crippen LogP contribution in [0, 0.1) is 18.3 Å². The molecular weight excluding hydrogens is 848 g/mol. The fourth-order valence-electron chi connectivity index (χ4n) is 9.08. The van der Waals surface area contributed by atoms with Gasteiger partial charge in [-0.25, -0.2) is 9.97 Å². The van der Waals surface area contributed by atoms with Gasteiger partial charge >= 0.3 is 6.18 Å². The fraction of sp³-hybridized carbons (Fsp3) is 0.457. The lowest BCUT2D eigenvalue weighted by atomic mass is 9.94. The largest absolute Gasteiger partial charge is 0.493 e. The lowest BCUT2D eigenvalue weighted by Gasteiger charge is -2.34. The molecule has 5 N–H and O–H groups in total. The van der Waals surface area contributed by atoms with E-state index in [4.69, 9.17) is 15.2 Å². The number of imide groups is 2. The number of nitrogen functional groups attached to an aromatic ring is 1. The van der Waals surface area contributed by atoms with E-state index in [1.807, 2.05) is 11.9 Å². The van der Waals surface area contributed by atoms with Gasteiger partial charge in [0, 0.05) is 67.3 Å². The van der Waals surface area contributed by atoms with Crippen molar-refractivity contribution in [2.45, 2.75) is 70.6 Å². The average Bonchev–Trinajstić information content (AvgIpc) is 3.98. The Bertz CT molecular complexity index is 2560. The summed E-state index contributed by atoms with van der Waals surface area (Å²) in [6, 6.07) is 10.3. The van der Waals surface area contributed by atoms with Crippen LogP contribution >= 0.6 is 0 Å². The molecule has 0 spiro atoms. The van der Waals surface area contributed by atoms with E-state index < -0.39 is 47.5 Å². The van der Waals surface area contributed by atoms with E-state index in [0.29, 0.717) is 97.5 Å². The number of nitrogens with one attached hydrogen (secondary N) is 3. The molecule has 0 radical (unpaired) electrons. The van der Waals surface area contributed by atoms with Gasteiger partial charge in [0.05, 0.1) is 42.0 Å². The second-order valence-electron chi connectivity index (χ2n) is 17.6. The predicted molar refractivity (Wildman–Crippen MR) is 234 cm³/mol. The monoisotopic (exact) mass is 899 g/mol. The van der Waals surface area contributed by atoms with Crippen LogP contribution in [0.3, 0.4) is 0 Å². The minimum absolute atomic E-state index is 0.00134. The molecule has 3 aliphatic heterocycles. The molecule has 3 aromatic carbocycles. The molecular formula is C46H52F3N9O7. The van der Waals surface area contributed by atoms with E-state index in [9.17, 15) is 37.1 Å². The molecule has 1 aromatic heterocycles. The first-order valence-electron chi connectivity index (χ1n) is 21.7. The van der Waals surface area contributed by atoms with Gasteiger partial charge < -0.3 is 35.6 Å². The molecule has 8 rings (SSSR count). The van der Waals surface area contributed by atoms with Crippen LogP contribution in [0.2, 0.25) is 0 Å². The number of carbonyl (C=O) groups is 5. The van der Waals surface area contributed by atoms with E-state index in [2.05, 4.69) is 30.8 Å². The molecule has 4 aliphatic rings. The van der Waals surface area contributed by atoms with Gasteiger partial charge in [0.1, 0.15) is 17.7 Å². The topological polar surface area (TPSA) is 201 Å². The summed E-state index contributed by atoms with van der Waals surface area (Å²) in [6.07, 6.45) is -1.30. The maximum Gasteiger partial charge on any atom is 0.416 e. The number of anilines is 3. The number of nitrogens with two attached hydrogens (primary N) is 1. The molecule has 19 heteroatoms. The summed E-state index contributed by atoms with van der Waals surface area (Å²) in [4.78, 5) is 78.8. The molecule has 4 heterocycles. The van der Waals surface area contributed by atoms with E-state index in [-0.39, 0.29) is 46.9 Å². The number of hydrogen-bond acceptors (Lipinski definition) is 13. The highest BCUT2D eigenvalue weighted by Gasteiger charge is 2.47. The van der Waals surface area contributed by atoms with Crippen LogP contribution in [-0.4, -0.2) is 114 Å². The van der Waals surface area contributed by atoms with Gasteiger partial charge in [0.2, 0.25) is 17.7 Å². The summed E-state index contributed by atoms with van der Waals surface area (Å²) in [5.74, 6) is -0.502.